The van der Waals surface area contributed by atoms with Crippen LogP contribution in [0.1, 0.15) is 16.2 Å². The Morgan fingerprint density at radius 1 is 1.64 bits per heavy atom. The van der Waals surface area contributed by atoms with Crippen LogP contribution in [0.4, 0.5) is 0 Å². The number of hydrogen-bond donors (Lipinski definition) is 2. The molecule has 0 fully saturated rings. The van der Waals surface area contributed by atoms with E-state index in [0.717, 1.165) is 4.40 Å². The molecule has 0 aromatic carbocycles. The van der Waals surface area contributed by atoms with Gasteiger partial charge in [0.1, 0.15) is 6.33 Å². The first-order chi connectivity index (χ1) is 6.59. The van der Waals surface area contributed by atoms with Crippen LogP contribution in [0.2, 0.25) is 0 Å². The normalized spacial score (nSPS) is 10.6. The molecule has 0 aliphatic rings. The first-order valence-electron chi connectivity index (χ1n) is 3.90. The van der Waals surface area contributed by atoms with Crippen LogP contribution in [-0.2, 0) is 0 Å². The van der Waals surface area contributed by atoms with Gasteiger partial charge in [-0.3, -0.25) is 9.20 Å². The molecule has 6 nitrogen and oxygen atoms in total. The smallest absolute Gasteiger partial charge is 0.358 e. The van der Waals surface area contributed by atoms with Crippen LogP contribution >= 0.6 is 0 Å². The predicted octanol–water partition coefficient (Wildman–Crippen LogP) is 0.0292. The van der Waals surface area contributed by atoms with Crippen LogP contribution in [0.5, 0.6) is 0 Å². The number of fused-ring (bicyclic) bond motifs is 1. The first-order valence-corrected chi connectivity index (χ1v) is 3.90. The van der Waals surface area contributed by atoms with Crippen molar-refractivity contribution >= 4 is 11.6 Å². The van der Waals surface area contributed by atoms with E-state index >= 15 is 0 Å². The fraction of sp³-hybridized carbons (Fsp3) is 0.125. The van der Waals surface area contributed by atoms with Crippen LogP contribution < -0.4 is 5.56 Å². The maximum atomic E-state index is 11.3. The van der Waals surface area contributed by atoms with Gasteiger partial charge in [-0.05, 0) is 6.92 Å². The van der Waals surface area contributed by atoms with Crippen molar-refractivity contribution in [1.82, 2.24) is 14.4 Å². The van der Waals surface area contributed by atoms with Crippen molar-refractivity contribution < 1.29 is 9.90 Å². The molecule has 0 atom stereocenters. The second kappa shape index (κ2) is 2.69. The highest BCUT2D eigenvalue weighted by Crippen LogP contribution is 2.04. The van der Waals surface area contributed by atoms with Gasteiger partial charge in [0, 0.05) is 11.8 Å². The predicted molar refractivity (Wildman–Crippen MR) is 47.5 cm³/mol. The van der Waals surface area contributed by atoms with E-state index < -0.39 is 5.97 Å². The fourth-order valence-electron chi connectivity index (χ4n) is 1.27. The number of rotatable bonds is 1. The molecule has 72 valence electrons. The van der Waals surface area contributed by atoms with Gasteiger partial charge in [0.05, 0.1) is 0 Å². The average molecular weight is 193 g/mol. The summed E-state index contributed by atoms with van der Waals surface area (Å²) >= 11 is 0. The Morgan fingerprint density at radius 3 is 3.00 bits per heavy atom. The summed E-state index contributed by atoms with van der Waals surface area (Å²) in [4.78, 5) is 28.5. The number of carboxylic acids is 1. The molecule has 14 heavy (non-hydrogen) atoms. The number of imidazole rings is 1. The minimum absolute atomic E-state index is 0.147. The van der Waals surface area contributed by atoms with E-state index in [1.807, 2.05) is 0 Å². The van der Waals surface area contributed by atoms with E-state index in [1.165, 1.54) is 12.4 Å². The quantitative estimate of drug-likeness (QED) is 0.668. The number of H-pyrrole nitrogens is 1. The molecule has 2 N–H and O–H groups in total. The number of nitrogens with zero attached hydrogens (tertiary/aromatic N) is 2. The minimum atomic E-state index is -1.16. The van der Waals surface area contributed by atoms with Gasteiger partial charge in [0.15, 0.2) is 11.3 Å². The molecule has 2 heterocycles. The van der Waals surface area contributed by atoms with Gasteiger partial charge in [0.2, 0.25) is 0 Å². The number of aromatic nitrogens is 3. The van der Waals surface area contributed by atoms with E-state index in [2.05, 4.69) is 9.97 Å². The third-order valence-electron chi connectivity index (χ3n) is 1.86. The standard InChI is InChI=1S/C8H7N3O3/c1-4-2-5(12)11-3-9-6(8(13)14)7(11)10-4/h2-3,10H,1H3,(H,13,14). The first kappa shape index (κ1) is 8.49. The highest BCUT2D eigenvalue weighted by Gasteiger charge is 2.13. The number of nitrogens with one attached hydrogen (secondary N) is 1. The molecule has 0 saturated carbocycles. The molecular formula is C8H7N3O3. The lowest BCUT2D eigenvalue weighted by molar-refractivity contribution is 0.0693. The van der Waals surface area contributed by atoms with Gasteiger partial charge in [-0.2, -0.15) is 0 Å². The molecule has 0 unspecified atom stereocenters. The van der Waals surface area contributed by atoms with Crippen molar-refractivity contribution in [2.75, 3.05) is 0 Å². The summed E-state index contributed by atoms with van der Waals surface area (Å²) in [7, 11) is 0. The Balaban J connectivity index is 2.92. The SMILES string of the molecule is Cc1cc(=O)n2cnc(C(=O)O)c2[nH]1. The third-order valence-corrected chi connectivity index (χ3v) is 1.86. The molecule has 0 bridgehead atoms. The Labute approximate surface area is 77.8 Å². The van der Waals surface area contributed by atoms with Gasteiger partial charge in [0.25, 0.3) is 5.56 Å². The molecule has 0 aliphatic carbocycles. The summed E-state index contributed by atoms with van der Waals surface area (Å²) in [5.41, 5.74) is 0.370. The van der Waals surface area contributed by atoms with Gasteiger partial charge in [-0.1, -0.05) is 0 Å². The Kier molecular flexibility index (Phi) is 1.63. The number of carbonyl (C=O) groups is 1. The summed E-state index contributed by atoms with van der Waals surface area (Å²) in [5.74, 6) is -1.16. The number of hydrogen-bond acceptors (Lipinski definition) is 3. The molecule has 0 amide bonds. The minimum Gasteiger partial charge on any atom is -0.476 e. The lowest BCUT2D eigenvalue weighted by Crippen LogP contribution is -2.13. The monoisotopic (exact) mass is 193 g/mol. The topological polar surface area (TPSA) is 87.5 Å². The second-order valence-electron chi connectivity index (χ2n) is 2.91. The van der Waals surface area contributed by atoms with Crippen molar-refractivity contribution in [3.05, 3.63) is 34.1 Å². The summed E-state index contributed by atoms with van der Waals surface area (Å²) in [6.07, 6.45) is 1.19. The van der Waals surface area contributed by atoms with Gasteiger partial charge in [-0.25, -0.2) is 9.78 Å². The molecule has 6 heteroatoms. The number of aromatic carboxylic acids is 1. The van der Waals surface area contributed by atoms with E-state index in [1.54, 1.807) is 6.92 Å². The zero-order chi connectivity index (χ0) is 10.3. The van der Waals surface area contributed by atoms with E-state index in [4.69, 9.17) is 5.11 Å². The third kappa shape index (κ3) is 1.08. The molecule has 0 aliphatic heterocycles. The number of aromatic amines is 1. The highest BCUT2D eigenvalue weighted by molar-refractivity contribution is 5.92. The number of carboxylic acid groups (broad SMARTS) is 1. The highest BCUT2D eigenvalue weighted by atomic mass is 16.4. The summed E-state index contributed by atoms with van der Waals surface area (Å²) in [6, 6.07) is 1.38. The average Bonchev–Trinajstić information content (AvgIpc) is 2.47. The molecular weight excluding hydrogens is 186 g/mol. The van der Waals surface area contributed by atoms with Crippen LogP contribution in [0.15, 0.2) is 17.2 Å². The lowest BCUT2D eigenvalue weighted by atomic mass is 10.4. The lowest BCUT2D eigenvalue weighted by Gasteiger charge is -1.96. The van der Waals surface area contributed by atoms with Crippen LogP contribution in [0.25, 0.3) is 5.65 Å². The maximum absolute atomic E-state index is 11.3. The van der Waals surface area contributed by atoms with Crippen molar-refractivity contribution in [1.29, 1.82) is 0 Å². The summed E-state index contributed by atoms with van der Waals surface area (Å²) < 4.78 is 1.16. The van der Waals surface area contributed by atoms with E-state index in [-0.39, 0.29) is 16.9 Å². The maximum Gasteiger partial charge on any atom is 0.358 e. The van der Waals surface area contributed by atoms with Crippen LogP contribution in [0.3, 0.4) is 0 Å². The molecule has 2 aromatic rings. The van der Waals surface area contributed by atoms with Crippen molar-refractivity contribution in [3.63, 3.8) is 0 Å². The summed E-state index contributed by atoms with van der Waals surface area (Å²) in [6.45, 7) is 1.68. The summed E-state index contributed by atoms with van der Waals surface area (Å²) in [5, 5.41) is 8.76. The molecule has 0 spiro atoms. The van der Waals surface area contributed by atoms with Crippen molar-refractivity contribution in [2.45, 2.75) is 6.92 Å². The van der Waals surface area contributed by atoms with Gasteiger partial charge in [-0.15, -0.1) is 0 Å². The van der Waals surface area contributed by atoms with Gasteiger partial charge >= 0.3 is 5.97 Å². The largest absolute Gasteiger partial charge is 0.476 e. The van der Waals surface area contributed by atoms with Crippen LogP contribution in [0, 0.1) is 6.92 Å². The Hall–Kier alpha value is -2.11. The molecule has 2 rings (SSSR count). The zero-order valence-electron chi connectivity index (χ0n) is 7.31. The van der Waals surface area contributed by atoms with Gasteiger partial charge < -0.3 is 10.1 Å². The Morgan fingerprint density at radius 2 is 2.36 bits per heavy atom. The van der Waals surface area contributed by atoms with Crippen molar-refractivity contribution in [2.24, 2.45) is 0 Å². The van der Waals surface area contributed by atoms with E-state index in [9.17, 15) is 9.59 Å². The molecule has 2 aromatic heterocycles. The number of aryl methyl sites for hydroxylation is 1. The fourth-order valence-corrected chi connectivity index (χ4v) is 1.27. The second-order valence-corrected chi connectivity index (χ2v) is 2.91. The zero-order valence-corrected chi connectivity index (χ0v) is 7.31. The van der Waals surface area contributed by atoms with E-state index in [0.29, 0.717) is 5.69 Å². The Bertz CT molecular complexity index is 567. The van der Waals surface area contributed by atoms with Crippen LogP contribution in [-0.4, -0.2) is 25.4 Å². The van der Waals surface area contributed by atoms with Crippen molar-refractivity contribution in [3.8, 4) is 0 Å². The molecule has 0 saturated heterocycles. The molecule has 0 radical (unpaired) electrons.